The Bertz CT molecular complexity index is 1040. The van der Waals surface area contributed by atoms with Gasteiger partial charge in [0.05, 0.1) is 6.42 Å². The highest BCUT2D eigenvalue weighted by atomic mass is 32.1. The summed E-state index contributed by atoms with van der Waals surface area (Å²) in [6.07, 6.45) is 1.30. The summed E-state index contributed by atoms with van der Waals surface area (Å²) in [5, 5.41) is 4.90. The molecule has 0 bridgehead atoms. The summed E-state index contributed by atoms with van der Waals surface area (Å²) < 4.78 is 0. The van der Waals surface area contributed by atoms with Crippen LogP contribution in [0, 0.1) is 0 Å². The molecule has 1 saturated heterocycles. The van der Waals surface area contributed by atoms with Gasteiger partial charge in [-0.3, -0.25) is 9.69 Å². The van der Waals surface area contributed by atoms with E-state index in [0.717, 1.165) is 34.8 Å². The molecule has 5 nitrogen and oxygen atoms in total. The third-order valence-corrected chi connectivity index (χ3v) is 6.59. The Kier molecular flexibility index (Phi) is 6.90. The topological polar surface area (TPSA) is 52.6 Å². The standard InChI is InChI=1S/C26H29N3O2S/c1-19(2)21-8-6-20(7-9-21)18-28-14-4-15-29(26(28)31)23-12-10-22(11-13-23)27-25(30)17-24-5-3-16-32-24/h3,5-13,16,19H,4,14-15,17-18H2,1-2H3,(H,27,30). The number of hydrogen-bond acceptors (Lipinski definition) is 3. The van der Waals surface area contributed by atoms with E-state index in [4.69, 9.17) is 0 Å². The van der Waals surface area contributed by atoms with Gasteiger partial charge in [-0.1, -0.05) is 44.2 Å². The van der Waals surface area contributed by atoms with Gasteiger partial charge in [-0.2, -0.15) is 0 Å². The lowest BCUT2D eigenvalue weighted by Crippen LogP contribution is -2.49. The van der Waals surface area contributed by atoms with Crippen LogP contribution in [0.3, 0.4) is 0 Å². The summed E-state index contributed by atoms with van der Waals surface area (Å²) in [5.74, 6) is 0.462. The Balaban J connectivity index is 1.37. The third-order valence-electron chi connectivity index (χ3n) is 5.71. The zero-order valence-corrected chi connectivity index (χ0v) is 19.4. The zero-order valence-electron chi connectivity index (χ0n) is 18.6. The molecular weight excluding hydrogens is 418 g/mol. The molecule has 0 atom stereocenters. The molecule has 6 heteroatoms. The molecule has 1 N–H and O–H groups in total. The molecule has 0 radical (unpaired) electrons. The number of nitrogens with one attached hydrogen (secondary N) is 1. The lowest BCUT2D eigenvalue weighted by atomic mass is 10.0. The van der Waals surface area contributed by atoms with Gasteiger partial charge in [-0.25, -0.2) is 4.79 Å². The second-order valence-corrected chi connectivity index (χ2v) is 9.49. The van der Waals surface area contributed by atoms with Gasteiger partial charge in [0.1, 0.15) is 0 Å². The van der Waals surface area contributed by atoms with Gasteiger partial charge in [0, 0.05) is 35.9 Å². The highest BCUT2D eigenvalue weighted by molar-refractivity contribution is 7.10. The largest absolute Gasteiger partial charge is 0.326 e. The van der Waals surface area contributed by atoms with E-state index in [9.17, 15) is 9.59 Å². The molecule has 0 saturated carbocycles. The number of carbonyl (C=O) groups is 2. The van der Waals surface area contributed by atoms with Crippen LogP contribution in [0.2, 0.25) is 0 Å². The summed E-state index contributed by atoms with van der Waals surface area (Å²) in [6, 6.07) is 20.0. The molecule has 3 amide bonds. The predicted octanol–water partition coefficient (Wildman–Crippen LogP) is 5.89. The maximum Gasteiger partial charge on any atom is 0.324 e. The number of anilines is 2. The van der Waals surface area contributed by atoms with Gasteiger partial charge in [-0.15, -0.1) is 11.3 Å². The van der Waals surface area contributed by atoms with Crippen LogP contribution in [0.25, 0.3) is 0 Å². The normalized spacial score (nSPS) is 14.2. The second-order valence-electron chi connectivity index (χ2n) is 8.46. The molecule has 2 heterocycles. The van der Waals surface area contributed by atoms with Crippen LogP contribution in [0.15, 0.2) is 66.0 Å². The van der Waals surface area contributed by atoms with Gasteiger partial charge in [0.15, 0.2) is 0 Å². The smallest absolute Gasteiger partial charge is 0.324 e. The number of thiophene rings is 1. The van der Waals surface area contributed by atoms with Gasteiger partial charge in [0.25, 0.3) is 0 Å². The Morgan fingerprint density at radius 1 is 1.03 bits per heavy atom. The molecule has 1 aliphatic rings. The van der Waals surface area contributed by atoms with Crippen LogP contribution >= 0.6 is 11.3 Å². The first kappa shape index (κ1) is 22.1. The van der Waals surface area contributed by atoms with Gasteiger partial charge in [-0.05, 0) is 59.2 Å². The number of urea groups is 1. The molecule has 0 aliphatic carbocycles. The molecule has 1 fully saturated rings. The molecule has 32 heavy (non-hydrogen) atoms. The molecule has 166 valence electrons. The van der Waals surface area contributed by atoms with Gasteiger partial charge < -0.3 is 10.2 Å². The molecule has 0 spiro atoms. The number of carbonyl (C=O) groups excluding carboxylic acids is 2. The van der Waals surface area contributed by atoms with Crippen molar-refractivity contribution in [3.63, 3.8) is 0 Å². The fourth-order valence-corrected chi connectivity index (χ4v) is 4.60. The van der Waals surface area contributed by atoms with Crippen molar-refractivity contribution in [2.24, 2.45) is 0 Å². The van der Waals surface area contributed by atoms with Gasteiger partial charge in [0.2, 0.25) is 5.91 Å². The molecule has 0 unspecified atom stereocenters. The van der Waals surface area contributed by atoms with Crippen molar-refractivity contribution in [1.82, 2.24) is 4.90 Å². The van der Waals surface area contributed by atoms with E-state index in [-0.39, 0.29) is 11.9 Å². The first-order valence-corrected chi connectivity index (χ1v) is 11.9. The molecular formula is C26H29N3O2S. The van der Waals surface area contributed by atoms with E-state index in [0.29, 0.717) is 25.4 Å². The number of rotatable bonds is 7. The zero-order chi connectivity index (χ0) is 22.5. The fraction of sp³-hybridized carbons (Fsp3) is 0.308. The van der Waals surface area contributed by atoms with Crippen molar-refractivity contribution in [3.05, 3.63) is 82.0 Å². The SMILES string of the molecule is CC(C)c1ccc(CN2CCCN(c3ccc(NC(=O)Cc4cccs4)cc3)C2=O)cc1. The molecule has 3 aromatic rings. The minimum Gasteiger partial charge on any atom is -0.326 e. The van der Waals surface area contributed by atoms with Crippen LogP contribution in [-0.4, -0.2) is 29.9 Å². The Morgan fingerprint density at radius 3 is 2.44 bits per heavy atom. The number of benzene rings is 2. The first-order chi connectivity index (χ1) is 15.5. The van der Waals surface area contributed by atoms with E-state index in [1.54, 1.807) is 11.3 Å². The van der Waals surface area contributed by atoms with Crippen LogP contribution in [-0.2, 0) is 17.8 Å². The van der Waals surface area contributed by atoms with Crippen molar-refractivity contribution in [2.75, 3.05) is 23.3 Å². The lowest BCUT2D eigenvalue weighted by molar-refractivity contribution is -0.115. The quantitative estimate of drug-likeness (QED) is 0.491. The number of nitrogens with zero attached hydrogens (tertiary/aromatic N) is 2. The monoisotopic (exact) mass is 447 g/mol. The summed E-state index contributed by atoms with van der Waals surface area (Å²) >= 11 is 1.58. The van der Waals surface area contributed by atoms with Crippen molar-refractivity contribution in [2.45, 2.75) is 39.2 Å². The lowest BCUT2D eigenvalue weighted by Gasteiger charge is -2.35. The second kappa shape index (κ2) is 10.0. The van der Waals surface area contributed by atoms with Gasteiger partial charge >= 0.3 is 6.03 Å². The minimum atomic E-state index is -0.0380. The molecule has 1 aliphatic heterocycles. The van der Waals surface area contributed by atoms with Crippen LogP contribution in [0.4, 0.5) is 16.2 Å². The third kappa shape index (κ3) is 5.37. The maximum atomic E-state index is 13.1. The van der Waals surface area contributed by atoms with E-state index >= 15 is 0 Å². The van der Waals surface area contributed by atoms with Crippen LogP contribution in [0.5, 0.6) is 0 Å². The molecule has 2 aromatic carbocycles. The fourth-order valence-electron chi connectivity index (χ4n) is 3.90. The maximum absolute atomic E-state index is 13.1. The van der Waals surface area contributed by atoms with E-state index in [1.807, 2.05) is 51.6 Å². The number of amides is 3. The van der Waals surface area contributed by atoms with E-state index in [2.05, 4.69) is 43.4 Å². The Hall–Kier alpha value is -3.12. The van der Waals surface area contributed by atoms with Crippen molar-refractivity contribution >= 4 is 34.6 Å². The van der Waals surface area contributed by atoms with Crippen LogP contribution < -0.4 is 10.2 Å². The highest BCUT2D eigenvalue weighted by Crippen LogP contribution is 2.24. The average molecular weight is 448 g/mol. The molecule has 1 aromatic heterocycles. The van der Waals surface area contributed by atoms with Crippen LogP contribution in [0.1, 0.15) is 42.2 Å². The Morgan fingerprint density at radius 2 is 1.78 bits per heavy atom. The van der Waals surface area contributed by atoms with E-state index in [1.165, 1.54) is 5.56 Å². The first-order valence-electron chi connectivity index (χ1n) is 11.1. The Labute approximate surface area is 193 Å². The highest BCUT2D eigenvalue weighted by Gasteiger charge is 2.26. The minimum absolute atomic E-state index is 0.0265. The van der Waals surface area contributed by atoms with Crippen molar-refractivity contribution in [1.29, 1.82) is 0 Å². The van der Waals surface area contributed by atoms with Crippen molar-refractivity contribution in [3.8, 4) is 0 Å². The predicted molar refractivity (Wildman–Crippen MR) is 131 cm³/mol. The summed E-state index contributed by atoms with van der Waals surface area (Å²) in [6.45, 7) is 6.44. The average Bonchev–Trinajstić information content (AvgIpc) is 3.29. The number of hydrogen-bond donors (Lipinski definition) is 1. The summed E-state index contributed by atoms with van der Waals surface area (Å²) in [4.78, 5) is 30.1. The summed E-state index contributed by atoms with van der Waals surface area (Å²) in [5.41, 5.74) is 4.05. The summed E-state index contributed by atoms with van der Waals surface area (Å²) in [7, 11) is 0. The molecule has 4 rings (SSSR count). The van der Waals surface area contributed by atoms with Crippen molar-refractivity contribution < 1.29 is 9.59 Å². The van der Waals surface area contributed by atoms with E-state index < -0.39 is 0 Å².